The molecule has 13 heavy (non-hydrogen) atoms. The molecule has 1 aliphatic carbocycles. The van der Waals surface area contributed by atoms with E-state index in [2.05, 4.69) is 13.8 Å². The van der Waals surface area contributed by atoms with Crippen molar-refractivity contribution in [3.05, 3.63) is 0 Å². The second-order valence-corrected chi connectivity index (χ2v) is 4.66. The summed E-state index contributed by atoms with van der Waals surface area (Å²) in [6, 6.07) is 0. The van der Waals surface area contributed by atoms with E-state index >= 15 is 0 Å². The van der Waals surface area contributed by atoms with Gasteiger partial charge in [-0.25, -0.2) is 0 Å². The molecule has 0 bridgehead atoms. The Kier molecular flexibility index (Phi) is 3.74. The lowest BCUT2D eigenvalue weighted by Gasteiger charge is -2.38. The van der Waals surface area contributed by atoms with Gasteiger partial charge in [0.1, 0.15) is 0 Å². The van der Waals surface area contributed by atoms with Crippen molar-refractivity contribution < 1.29 is 9.84 Å². The fraction of sp³-hybridized carbons (Fsp3) is 1.00. The van der Waals surface area contributed by atoms with E-state index in [4.69, 9.17) is 4.74 Å². The molecule has 0 aromatic carbocycles. The highest BCUT2D eigenvalue weighted by atomic mass is 16.5. The Hall–Kier alpha value is -0.0800. The van der Waals surface area contributed by atoms with Crippen LogP contribution < -0.4 is 0 Å². The van der Waals surface area contributed by atoms with E-state index in [0.29, 0.717) is 11.8 Å². The summed E-state index contributed by atoms with van der Waals surface area (Å²) in [5.41, 5.74) is -0.399. The first-order chi connectivity index (χ1) is 6.08. The number of methoxy groups -OCH3 is 1. The minimum atomic E-state index is -0.399. The quantitative estimate of drug-likeness (QED) is 0.732. The summed E-state index contributed by atoms with van der Waals surface area (Å²) in [6.45, 7) is 5.07. The van der Waals surface area contributed by atoms with Gasteiger partial charge >= 0.3 is 0 Å². The fourth-order valence-corrected chi connectivity index (χ4v) is 2.16. The van der Waals surface area contributed by atoms with Crippen molar-refractivity contribution in [3.63, 3.8) is 0 Å². The number of aliphatic hydroxyl groups is 1. The van der Waals surface area contributed by atoms with E-state index in [1.807, 2.05) is 0 Å². The zero-order chi connectivity index (χ0) is 9.90. The average Bonchev–Trinajstić information content (AvgIpc) is 2.09. The van der Waals surface area contributed by atoms with Crippen molar-refractivity contribution in [1.82, 2.24) is 0 Å². The van der Waals surface area contributed by atoms with Crippen LogP contribution in [0.15, 0.2) is 0 Å². The van der Waals surface area contributed by atoms with Crippen molar-refractivity contribution in [2.75, 3.05) is 13.7 Å². The summed E-state index contributed by atoms with van der Waals surface area (Å²) < 4.78 is 5.13. The minimum absolute atomic E-state index is 0.385. The molecule has 0 amide bonds. The summed E-state index contributed by atoms with van der Waals surface area (Å²) in [5, 5.41) is 10.2. The largest absolute Gasteiger partial charge is 0.390 e. The molecule has 0 aromatic heterocycles. The topological polar surface area (TPSA) is 29.5 Å². The Bertz CT molecular complexity index is 146. The van der Waals surface area contributed by atoms with E-state index in [-0.39, 0.29) is 0 Å². The molecule has 1 saturated carbocycles. The Morgan fingerprint density at radius 3 is 2.31 bits per heavy atom. The lowest BCUT2D eigenvalue weighted by Crippen LogP contribution is -2.39. The van der Waals surface area contributed by atoms with Crippen LogP contribution in [0.25, 0.3) is 0 Å². The SMILES string of the molecule is COCC1CCC(O)(C(C)C)CC1. The van der Waals surface area contributed by atoms with Gasteiger partial charge in [0.15, 0.2) is 0 Å². The van der Waals surface area contributed by atoms with E-state index < -0.39 is 5.60 Å². The fourth-order valence-electron chi connectivity index (χ4n) is 2.16. The van der Waals surface area contributed by atoms with Gasteiger partial charge in [-0.15, -0.1) is 0 Å². The minimum Gasteiger partial charge on any atom is -0.390 e. The molecule has 0 heterocycles. The van der Waals surface area contributed by atoms with Crippen LogP contribution in [0.5, 0.6) is 0 Å². The summed E-state index contributed by atoms with van der Waals surface area (Å²) in [5.74, 6) is 1.06. The van der Waals surface area contributed by atoms with Crippen LogP contribution in [0.1, 0.15) is 39.5 Å². The van der Waals surface area contributed by atoms with Gasteiger partial charge in [-0.1, -0.05) is 13.8 Å². The number of hydrogen-bond donors (Lipinski definition) is 1. The molecule has 0 aromatic rings. The van der Waals surface area contributed by atoms with Gasteiger partial charge in [0.05, 0.1) is 5.60 Å². The molecule has 0 aliphatic heterocycles. The molecule has 0 atom stereocenters. The third kappa shape index (κ3) is 2.68. The predicted octanol–water partition coefficient (Wildman–Crippen LogP) is 2.21. The predicted molar refractivity (Wildman–Crippen MR) is 53.6 cm³/mol. The Morgan fingerprint density at radius 1 is 1.38 bits per heavy atom. The zero-order valence-corrected chi connectivity index (χ0v) is 9.05. The number of rotatable bonds is 3. The van der Waals surface area contributed by atoms with E-state index in [0.717, 1.165) is 32.3 Å². The maximum atomic E-state index is 10.2. The standard InChI is InChI=1S/C11H22O2/c1-9(2)11(12)6-4-10(5-7-11)8-13-3/h9-10,12H,4-8H2,1-3H3. The maximum absolute atomic E-state index is 10.2. The van der Waals surface area contributed by atoms with Crippen LogP contribution in [0.4, 0.5) is 0 Å². The molecule has 1 aliphatic rings. The van der Waals surface area contributed by atoms with Gasteiger partial charge in [0.2, 0.25) is 0 Å². The molecular formula is C11H22O2. The lowest BCUT2D eigenvalue weighted by molar-refractivity contribution is -0.0547. The number of ether oxygens (including phenoxy) is 1. The molecule has 0 saturated heterocycles. The van der Waals surface area contributed by atoms with Crippen LogP contribution in [0.3, 0.4) is 0 Å². The molecule has 1 N–H and O–H groups in total. The van der Waals surface area contributed by atoms with Crippen molar-refractivity contribution >= 4 is 0 Å². The zero-order valence-electron chi connectivity index (χ0n) is 9.05. The molecule has 1 fully saturated rings. The van der Waals surface area contributed by atoms with Gasteiger partial charge < -0.3 is 9.84 Å². The highest BCUT2D eigenvalue weighted by Gasteiger charge is 2.35. The first kappa shape index (κ1) is 11.0. The van der Waals surface area contributed by atoms with E-state index in [1.165, 1.54) is 0 Å². The van der Waals surface area contributed by atoms with E-state index in [1.54, 1.807) is 7.11 Å². The molecule has 1 rings (SSSR count). The van der Waals surface area contributed by atoms with Gasteiger partial charge in [-0.3, -0.25) is 0 Å². The van der Waals surface area contributed by atoms with E-state index in [9.17, 15) is 5.11 Å². The highest BCUT2D eigenvalue weighted by Crippen LogP contribution is 2.36. The normalized spacial score (nSPS) is 35.3. The molecule has 0 unspecified atom stereocenters. The first-order valence-corrected chi connectivity index (χ1v) is 5.30. The Morgan fingerprint density at radius 2 is 1.92 bits per heavy atom. The number of hydrogen-bond acceptors (Lipinski definition) is 2. The van der Waals surface area contributed by atoms with Gasteiger partial charge in [0, 0.05) is 13.7 Å². The third-order valence-corrected chi connectivity index (χ3v) is 3.45. The van der Waals surface area contributed by atoms with Gasteiger partial charge in [-0.05, 0) is 37.5 Å². The summed E-state index contributed by atoms with van der Waals surface area (Å²) in [7, 11) is 1.75. The summed E-state index contributed by atoms with van der Waals surface area (Å²) in [6.07, 6.45) is 4.11. The molecule has 2 heteroatoms. The molecule has 0 spiro atoms. The first-order valence-electron chi connectivity index (χ1n) is 5.30. The highest BCUT2D eigenvalue weighted by molar-refractivity contribution is 4.87. The Balaban J connectivity index is 2.37. The van der Waals surface area contributed by atoms with Gasteiger partial charge in [0.25, 0.3) is 0 Å². The molecule has 78 valence electrons. The van der Waals surface area contributed by atoms with Crippen LogP contribution in [0, 0.1) is 11.8 Å². The molecule has 0 radical (unpaired) electrons. The van der Waals surface area contributed by atoms with Crippen molar-refractivity contribution in [2.45, 2.75) is 45.1 Å². The van der Waals surface area contributed by atoms with Crippen LogP contribution in [-0.4, -0.2) is 24.4 Å². The van der Waals surface area contributed by atoms with Gasteiger partial charge in [-0.2, -0.15) is 0 Å². The second-order valence-electron chi connectivity index (χ2n) is 4.66. The smallest absolute Gasteiger partial charge is 0.0670 e. The van der Waals surface area contributed by atoms with Crippen molar-refractivity contribution in [2.24, 2.45) is 11.8 Å². The Labute approximate surface area is 81.3 Å². The second kappa shape index (κ2) is 4.43. The van der Waals surface area contributed by atoms with Crippen LogP contribution >= 0.6 is 0 Å². The monoisotopic (exact) mass is 186 g/mol. The maximum Gasteiger partial charge on any atom is 0.0670 e. The summed E-state index contributed by atoms with van der Waals surface area (Å²) >= 11 is 0. The lowest BCUT2D eigenvalue weighted by atomic mass is 9.73. The third-order valence-electron chi connectivity index (χ3n) is 3.45. The van der Waals surface area contributed by atoms with Crippen LogP contribution in [-0.2, 0) is 4.74 Å². The van der Waals surface area contributed by atoms with Crippen molar-refractivity contribution in [1.29, 1.82) is 0 Å². The summed E-state index contributed by atoms with van der Waals surface area (Å²) in [4.78, 5) is 0. The van der Waals surface area contributed by atoms with Crippen molar-refractivity contribution in [3.8, 4) is 0 Å². The van der Waals surface area contributed by atoms with Crippen LogP contribution in [0.2, 0.25) is 0 Å². The average molecular weight is 186 g/mol. The molecular weight excluding hydrogens is 164 g/mol. The molecule has 2 nitrogen and oxygen atoms in total.